The average Bonchev–Trinajstić information content (AvgIpc) is 2.26. The van der Waals surface area contributed by atoms with E-state index in [1.807, 2.05) is 12.1 Å². The summed E-state index contributed by atoms with van der Waals surface area (Å²) in [5.74, 6) is 0.971. The summed E-state index contributed by atoms with van der Waals surface area (Å²) in [7, 11) is 0. The maximum Gasteiger partial charge on any atom is 0.122 e. The van der Waals surface area contributed by atoms with Gasteiger partial charge in [0.05, 0.1) is 0 Å². The van der Waals surface area contributed by atoms with Crippen LogP contribution in [0, 0.1) is 13.8 Å². The Morgan fingerprint density at radius 2 is 2.06 bits per heavy atom. The minimum Gasteiger partial charge on any atom is -0.489 e. The molecule has 0 fully saturated rings. The molecule has 0 bridgehead atoms. The fraction of sp³-hybridized carbons (Fsp3) is 0.429. The second-order valence-electron chi connectivity index (χ2n) is 3.86. The third-order valence-corrected chi connectivity index (χ3v) is 2.34. The van der Waals surface area contributed by atoms with Crippen molar-refractivity contribution in [3.8, 4) is 5.75 Å². The number of aryl methyl sites for hydroxylation is 2. The van der Waals surface area contributed by atoms with Crippen LogP contribution in [0.3, 0.4) is 0 Å². The Labute approximate surface area is 98.3 Å². The van der Waals surface area contributed by atoms with Crippen molar-refractivity contribution in [2.75, 3.05) is 19.7 Å². The summed E-state index contributed by atoms with van der Waals surface area (Å²) in [6, 6.07) is 6.24. The van der Waals surface area contributed by atoms with E-state index in [1.54, 1.807) is 0 Å². The lowest BCUT2D eigenvalue weighted by atomic mass is 10.1. The lowest BCUT2D eigenvalue weighted by Gasteiger charge is -2.07. The largest absolute Gasteiger partial charge is 0.489 e. The van der Waals surface area contributed by atoms with Gasteiger partial charge in [-0.05, 0) is 32.0 Å². The first-order valence-electron chi connectivity index (χ1n) is 5.79. The second-order valence-corrected chi connectivity index (χ2v) is 3.86. The van der Waals surface area contributed by atoms with E-state index < -0.39 is 0 Å². The van der Waals surface area contributed by atoms with Gasteiger partial charge in [-0.15, -0.1) is 0 Å². The van der Waals surface area contributed by atoms with Gasteiger partial charge in [-0.3, -0.25) is 0 Å². The molecule has 0 unspecified atom stereocenters. The molecule has 0 saturated carbocycles. The quantitative estimate of drug-likeness (QED) is 0.587. The highest BCUT2D eigenvalue weighted by Crippen LogP contribution is 2.18. The van der Waals surface area contributed by atoms with Crippen molar-refractivity contribution in [1.82, 2.24) is 5.32 Å². The highest BCUT2D eigenvalue weighted by atomic mass is 16.5. The maximum absolute atomic E-state index is 5.66. The molecule has 1 N–H and O–H groups in total. The number of hydrogen-bond acceptors (Lipinski definition) is 2. The van der Waals surface area contributed by atoms with Crippen LogP contribution in [0.15, 0.2) is 30.4 Å². The van der Waals surface area contributed by atoms with Crippen molar-refractivity contribution in [3.05, 3.63) is 41.5 Å². The van der Waals surface area contributed by atoms with Gasteiger partial charge in [-0.2, -0.15) is 0 Å². The third kappa shape index (κ3) is 4.49. The molecule has 0 radical (unpaired) electrons. The number of hydrogen-bond donors (Lipinski definition) is 1. The van der Waals surface area contributed by atoms with Crippen molar-refractivity contribution in [1.29, 1.82) is 0 Å². The lowest BCUT2D eigenvalue weighted by molar-refractivity contribution is 0.360. The number of ether oxygens (including phenoxy) is 1. The Morgan fingerprint density at radius 3 is 2.75 bits per heavy atom. The zero-order valence-corrected chi connectivity index (χ0v) is 10.4. The van der Waals surface area contributed by atoms with Gasteiger partial charge in [-0.1, -0.05) is 36.8 Å². The SMILES string of the molecule is CCNCC=CCOc1ccc(C)cc1C. The average molecular weight is 219 g/mol. The fourth-order valence-corrected chi connectivity index (χ4v) is 1.48. The minimum absolute atomic E-state index is 0.634. The first-order chi connectivity index (χ1) is 7.74. The number of rotatable bonds is 6. The van der Waals surface area contributed by atoms with Gasteiger partial charge in [0.1, 0.15) is 12.4 Å². The highest BCUT2D eigenvalue weighted by Gasteiger charge is 1.97. The van der Waals surface area contributed by atoms with Gasteiger partial charge in [0.2, 0.25) is 0 Å². The van der Waals surface area contributed by atoms with Crippen molar-refractivity contribution in [2.45, 2.75) is 20.8 Å². The van der Waals surface area contributed by atoms with Crippen molar-refractivity contribution in [3.63, 3.8) is 0 Å². The molecule has 0 aliphatic heterocycles. The summed E-state index contributed by atoms with van der Waals surface area (Å²) in [4.78, 5) is 0. The predicted molar refractivity (Wildman–Crippen MR) is 69.1 cm³/mol. The Balaban J connectivity index is 2.34. The molecule has 2 nitrogen and oxygen atoms in total. The molecule has 0 amide bonds. The van der Waals surface area contributed by atoms with E-state index in [1.165, 1.54) is 11.1 Å². The van der Waals surface area contributed by atoms with Gasteiger partial charge in [-0.25, -0.2) is 0 Å². The molecule has 1 aromatic rings. The van der Waals surface area contributed by atoms with Crippen LogP contribution < -0.4 is 10.1 Å². The van der Waals surface area contributed by atoms with Crippen LogP contribution in [-0.4, -0.2) is 19.7 Å². The van der Waals surface area contributed by atoms with Crippen LogP contribution in [0.25, 0.3) is 0 Å². The van der Waals surface area contributed by atoms with Crippen LogP contribution >= 0.6 is 0 Å². The summed E-state index contributed by atoms with van der Waals surface area (Å²) in [5.41, 5.74) is 2.47. The van der Waals surface area contributed by atoms with Gasteiger partial charge in [0, 0.05) is 6.54 Å². The molecule has 0 aliphatic carbocycles. The van der Waals surface area contributed by atoms with Gasteiger partial charge < -0.3 is 10.1 Å². The standard InChI is InChI=1S/C14H21NO/c1-4-15-9-5-6-10-16-14-8-7-12(2)11-13(14)3/h5-8,11,15H,4,9-10H2,1-3H3. The molecular weight excluding hydrogens is 198 g/mol. The van der Waals surface area contributed by atoms with Crippen molar-refractivity contribution in [2.24, 2.45) is 0 Å². The molecular formula is C14H21NO. The molecule has 0 spiro atoms. The van der Waals surface area contributed by atoms with Crippen LogP contribution in [0.1, 0.15) is 18.1 Å². The second kappa shape index (κ2) is 7.07. The third-order valence-electron chi connectivity index (χ3n) is 2.34. The smallest absolute Gasteiger partial charge is 0.122 e. The van der Waals surface area contributed by atoms with Crippen molar-refractivity contribution >= 4 is 0 Å². The van der Waals surface area contributed by atoms with Crippen molar-refractivity contribution < 1.29 is 4.74 Å². The van der Waals surface area contributed by atoms with Gasteiger partial charge in [0.15, 0.2) is 0 Å². The molecule has 1 rings (SSSR count). The van der Waals surface area contributed by atoms with Crippen LogP contribution in [0.5, 0.6) is 5.75 Å². The zero-order valence-electron chi connectivity index (χ0n) is 10.4. The van der Waals surface area contributed by atoms with E-state index >= 15 is 0 Å². The van der Waals surface area contributed by atoms with E-state index in [0.29, 0.717) is 6.61 Å². The molecule has 88 valence electrons. The van der Waals surface area contributed by atoms with E-state index in [-0.39, 0.29) is 0 Å². The normalized spacial score (nSPS) is 10.9. The minimum atomic E-state index is 0.634. The number of nitrogens with one attached hydrogen (secondary N) is 1. The van der Waals surface area contributed by atoms with E-state index in [9.17, 15) is 0 Å². The molecule has 1 aromatic carbocycles. The van der Waals surface area contributed by atoms with Crippen LogP contribution in [0.2, 0.25) is 0 Å². The lowest BCUT2D eigenvalue weighted by Crippen LogP contribution is -2.11. The first kappa shape index (κ1) is 12.8. The Bertz CT molecular complexity index is 345. The molecule has 0 heterocycles. The molecule has 0 atom stereocenters. The Hall–Kier alpha value is -1.28. The molecule has 16 heavy (non-hydrogen) atoms. The summed E-state index contributed by atoms with van der Waals surface area (Å²) in [6.45, 7) is 8.81. The molecule has 2 heteroatoms. The summed E-state index contributed by atoms with van der Waals surface area (Å²) in [5, 5.41) is 3.22. The Morgan fingerprint density at radius 1 is 1.25 bits per heavy atom. The summed E-state index contributed by atoms with van der Waals surface area (Å²) in [6.07, 6.45) is 4.13. The molecule has 0 aromatic heterocycles. The fourth-order valence-electron chi connectivity index (χ4n) is 1.48. The van der Waals surface area contributed by atoms with E-state index in [2.05, 4.69) is 44.3 Å². The topological polar surface area (TPSA) is 21.3 Å². The summed E-state index contributed by atoms with van der Waals surface area (Å²) < 4.78 is 5.66. The summed E-state index contributed by atoms with van der Waals surface area (Å²) >= 11 is 0. The molecule has 0 saturated heterocycles. The number of benzene rings is 1. The monoisotopic (exact) mass is 219 g/mol. The molecule has 0 aliphatic rings. The van der Waals surface area contributed by atoms with E-state index in [4.69, 9.17) is 4.74 Å². The van der Waals surface area contributed by atoms with Crippen LogP contribution in [0.4, 0.5) is 0 Å². The zero-order chi connectivity index (χ0) is 11.8. The highest BCUT2D eigenvalue weighted by molar-refractivity contribution is 5.35. The van der Waals surface area contributed by atoms with Crippen LogP contribution in [-0.2, 0) is 0 Å². The van der Waals surface area contributed by atoms with Gasteiger partial charge >= 0.3 is 0 Å². The van der Waals surface area contributed by atoms with Gasteiger partial charge in [0.25, 0.3) is 0 Å². The Kier molecular flexibility index (Phi) is 5.65. The maximum atomic E-state index is 5.66. The first-order valence-corrected chi connectivity index (χ1v) is 5.79. The predicted octanol–water partition coefficient (Wildman–Crippen LogP) is 2.85. The number of likely N-dealkylation sites (N-methyl/N-ethyl adjacent to an activating group) is 1. The van der Waals surface area contributed by atoms with E-state index in [0.717, 1.165) is 18.8 Å².